The molecule has 0 aromatic heterocycles. The van der Waals surface area contributed by atoms with Gasteiger partial charge in [-0.3, -0.25) is 19.4 Å². The minimum atomic E-state index is -0.403. The number of ether oxygens (including phenoxy) is 2. The van der Waals surface area contributed by atoms with Crippen molar-refractivity contribution in [3.63, 3.8) is 0 Å². The molecule has 3 aromatic rings. The molecule has 0 spiro atoms. The predicted molar refractivity (Wildman–Crippen MR) is 137 cm³/mol. The Balaban J connectivity index is 1.11. The molecule has 6 rings (SSSR count). The summed E-state index contributed by atoms with van der Waals surface area (Å²) in [6.07, 6.45) is 0.228. The monoisotopic (exact) mass is 501 g/mol. The number of rotatable bonds is 6. The fourth-order valence-electron chi connectivity index (χ4n) is 5.03. The average Bonchev–Trinajstić information content (AvgIpc) is 3.49. The van der Waals surface area contributed by atoms with E-state index in [1.807, 2.05) is 66.7 Å². The lowest BCUT2D eigenvalue weighted by atomic mass is 10.1. The molecule has 3 aliphatic heterocycles. The first kappa shape index (κ1) is 23.1. The van der Waals surface area contributed by atoms with Crippen LogP contribution in [0.25, 0.3) is 0 Å². The maximum absolute atomic E-state index is 13.5. The summed E-state index contributed by atoms with van der Waals surface area (Å²) in [6.45, 7) is 4.28. The van der Waals surface area contributed by atoms with Gasteiger partial charge in [-0.1, -0.05) is 48.2 Å². The summed E-state index contributed by atoms with van der Waals surface area (Å²) in [7, 11) is 0. The zero-order valence-corrected chi connectivity index (χ0v) is 20.7. The van der Waals surface area contributed by atoms with E-state index < -0.39 is 6.04 Å². The van der Waals surface area contributed by atoms with Gasteiger partial charge in [0, 0.05) is 42.5 Å². The second-order valence-corrected chi connectivity index (χ2v) is 10.3. The summed E-state index contributed by atoms with van der Waals surface area (Å²) in [5.74, 6) is 1.34. The minimum absolute atomic E-state index is 0.120. The topological polar surface area (TPSA) is 62.3 Å². The molecule has 2 amide bonds. The molecule has 0 saturated carbocycles. The van der Waals surface area contributed by atoms with Gasteiger partial charge in [0.15, 0.2) is 11.5 Å². The largest absolute Gasteiger partial charge is 0.454 e. The number of hydrogen-bond donors (Lipinski definition) is 0. The Hall–Kier alpha value is -3.33. The van der Waals surface area contributed by atoms with E-state index in [2.05, 4.69) is 15.9 Å². The van der Waals surface area contributed by atoms with Crippen LogP contribution in [0.4, 0.5) is 5.69 Å². The van der Waals surface area contributed by atoms with Crippen molar-refractivity contribution >= 4 is 29.3 Å². The van der Waals surface area contributed by atoms with Crippen LogP contribution in [0.2, 0.25) is 0 Å². The van der Waals surface area contributed by atoms with Crippen molar-refractivity contribution in [3.8, 4) is 11.5 Å². The number of carbonyl (C=O) groups is 2. The lowest BCUT2D eigenvalue weighted by Crippen LogP contribution is -2.52. The molecule has 2 saturated heterocycles. The Morgan fingerprint density at radius 2 is 1.58 bits per heavy atom. The number of piperazine rings is 1. The summed E-state index contributed by atoms with van der Waals surface area (Å²) < 4.78 is 10.9. The van der Waals surface area contributed by atoms with Crippen LogP contribution in [0.3, 0.4) is 0 Å². The highest BCUT2D eigenvalue weighted by Crippen LogP contribution is 2.38. The quantitative estimate of drug-likeness (QED) is 0.473. The first-order valence-electron chi connectivity index (χ1n) is 12.2. The van der Waals surface area contributed by atoms with Crippen molar-refractivity contribution in [2.45, 2.75) is 28.8 Å². The number of nitrogens with zero attached hydrogens (tertiary/aromatic N) is 3. The summed E-state index contributed by atoms with van der Waals surface area (Å²) >= 11 is 1.57. The minimum Gasteiger partial charge on any atom is -0.454 e. The SMILES string of the molecule is O=C1CC(N2CCN(Cc3ccc4c(c3)OCO4)CC2)C(=O)N1c1ccccc1Sc1ccccc1. The Morgan fingerprint density at radius 1 is 0.833 bits per heavy atom. The number of carbonyl (C=O) groups excluding carboxylic acids is 2. The number of fused-ring (bicyclic) bond motifs is 1. The van der Waals surface area contributed by atoms with Gasteiger partial charge in [0.25, 0.3) is 5.91 Å². The highest BCUT2D eigenvalue weighted by Gasteiger charge is 2.44. The van der Waals surface area contributed by atoms with Crippen LogP contribution in [0, 0.1) is 0 Å². The van der Waals surface area contributed by atoms with Crippen molar-refractivity contribution in [2.24, 2.45) is 0 Å². The molecule has 184 valence electrons. The van der Waals surface area contributed by atoms with E-state index in [1.165, 1.54) is 10.5 Å². The fourth-order valence-corrected chi connectivity index (χ4v) is 5.99. The highest BCUT2D eigenvalue weighted by atomic mass is 32.2. The third-order valence-corrected chi connectivity index (χ3v) is 7.96. The van der Waals surface area contributed by atoms with Crippen molar-refractivity contribution in [1.29, 1.82) is 0 Å². The van der Waals surface area contributed by atoms with Crippen LogP contribution in [0.1, 0.15) is 12.0 Å². The zero-order valence-electron chi connectivity index (χ0n) is 19.8. The van der Waals surface area contributed by atoms with Gasteiger partial charge in [-0.2, -0.15) is 0 Å². The molecule has 2 fully saturated rings. The van der Waals surface area contributed by atoms with Gasteiger partial charge in [-0.05, 0) is 42.0 Å². The molecule has 0 radical (unpaired) electrons. The molecule has 3 aliphatic rings. The van der Waals surface area contributed by atoms with E-state index in [0.29, 0.717) is 5.69 Å². The van der Waals surface area contributed by atoms with E-state index in [1.54, 1.807) is 11.8 Å². The van der Waals surface area contributed by atoms with E-state index >= 15 is 0 Å². The molecule has 0 aliphatic carbocycles. The van der Waals surface area contributed by atoms with Crippen molar-refractivity contribution in [3.05, 3.63) is 78.4 Å². The molecule has 7 nitrogen and oxygen atoms in total. The van der Waals surface area contributed by atoms with Crippen LogP contribution >= 0.6 is 11.8 Å². The molecule has 0 N–H and O–H groups in total. The lowest BCUT2D eigenvalue weighted by Gasteiger charge is -2.37. The lowest BCUT2D eigenvalue weighted by molar-refractivity contribution is -0.123. The Morgan fingerprint density at radius 3 is 2.42 bits per heavy atom. The maximum atomic E-state index is 13.5. The number of anilines is 1. The fraction of sp³-hybridized carbons (Fsp3) is 0.286. The molecule has 3 aromatic carbocycles. The predicted octanol–water partition coefficient (Wildman–Crippen LogP) is 4.02. The van der Waals surface area contributed by atoms with Crippen LogP contribution in [0.5, 0.6) is 11.5 Å². The van der Waals surface area contributed by atoms with Gasteiger partial charge in [-0.15, -0.1) is 0 Å². The third-order valence-electron chi connectivity index (χ3n) is 6.89. The number of imide groups is 1. The van der Waals surface area contributed by atoms with Crippen molar-refractivity contribution in [1.82, 2.24) is 9.80 Å². The van der Waals surface area contributed by atoms with Crippen LogP contribution in [-0.2, 0) is 16.1 Å². The highest BCUT2D eigenvalue weighted by molar-refractivity contribution is 7.99. The molecule has 1 unspecified atom stereocenters. The number of hydrogen-bond acceptors (Lipinski definition) is 7. The van der Waals surface area contributed by atoms with Gasteiger partial charge in [-0.25, -0.2) is 4.90 Å². The molecule has 36 heavy (non-hydrogen) atoms. The Bertz CT molecular complexity index is 1280. The summed E-state index contributed by atoms with van der Waals surface area (Å²) in [5, 5.41) is 0. The Kier molecular flexibility index (Phi) is 6.39. The van der Waals surface area contributed by atoms with E-state index in [-0.39, 0.29) is 25.0 Å². The Labute approximate surface area is 214 Å². The second-order valence-electron chi connectivity index (χ2n) is 9.17. The van der Waals surface area contributed by atoms with Crippen LogP contribution in [-0.4, -0.2) is 60.6 Å². The average molecular weight is 502 g/mol. The molecule has 0 bridgehead atoms. The first-order valence-corrected chi connectivity index (χ1v) is 13.0. The third kappa shape index (κ3) is 4.59. The first-order chi connectivity index (χ1) is 17.7. The summed E-state index contributed by atoms with van der Waals surface area (Å²) in [5.41, 5.74) is 1.85. The van der Waals surface area contributed by atoms with E-state index in [9.17, 15) is 9.59 Å². The smallest absolute Gasteiger partial charge is 0.251 e. The number of amides is 2. The van der Waals surface area contributed by atoms with Crippen molar-refractivity contribution in [2.75, 3.05) is 37.9 Å². The summed E-state index contributed by atoms with van der Waals surface area (Å²) in [4.78, 5) is 34.5. The van der Waals surface area contributed by atoms with E-state index in [4.69, 9.17) is 9.47 Å². The molecule has 1 atom stereocenters. The molecule has 8 heteroatoms. The number of benzene rings is 3. The normalized spacial score (nSPS) is 20.3. The second kappa shape index (κ2) is 9.97. The van der Waals surface area contributed by atoms with Gasteiger partial charge in [0.2, 0.25) is 12.7 Å². The van der Waals surface area contributed by atoms with Gasteiger partial charge >= 0.3 is 0 Å². The van der Waals surface area contributed by atoms with Crippen LogP contribution in [0.15, 0.2) is 82.6 Å². The van der Waals surface area contributed by atoms with Gasteiger partial charge in [0.1, 0.15) is 0 Å². The maximum Gasteiger partial charge on any atom is 0.251 e. The standard InChI is InChI=1S/C28H27N3O4S/c32-27-17-23(28(33)31(27)22-8-4-5-9-26(22)36-21-6-2-1-3-7-21)30-14-12-29(13-15-30)18-20-10-11-24-25(16-20)35-19-34-24/h1-11,16,23H,12-15,17-19H2. The van der Waals surface area contributed by atoms with Crippen molar-refractivity contribution < 1.29 is 19.1 Å². The van der Waals surface area contributed by atoms with Gasteiger partial charge < -0.3 is 9.47 Å². The van der Waals surface area contributed by atoms with Crippen LogP contribution < -0.4 is 14.4 Å². The van der Waals surface area contributed by atoms with E-state index in [0.717, 1.165) is 54.0 Å². The van der Waals surface area contributed by atoms with Gasteiger partial charge in [0.05, 0.1) is 18.2 Å². The summed E-state index contributed by atoms with van der Waals surface area (Å²) in [6, 6.07) is 23.3. The molecular formula is C28H27N3O4S. The molecular weight excluding hydrogens is 474 g/mol. The number of para-hydroxylation sites is 1. The zero-order chi connectivity index (χ0) is 24.5. The molecule has 3 heterocycles.